The third-order valence-electron chi connectivity index (χ3n) is 2.84. The molecule has 2 rings (SSSR count). The van der Waals surface area contributed by atoms with Gasteiger partial charge in [0.25, 0.3) is 0 Å². The summed E-state index contributed by atoms with van der Waals surface area (Å²) in [5.41, 5.74) is 7.22. The molecule has 1 aliphatic rings. The minimum absolute atomic E-state index is 0. The molecule has 1 heterocycles. The Kier molecular flexibility index (Phi) is 5.56. The first-order chi connectivity index (χ1) is 7.24. The monoisotopic (exact) mass is 260 g/mol. The average Bonchev–Trinajstić information content (AvgIpc) is 2.17. The van der Waals surface area contributed by atoms with Crippen molar-refractivity contribution in [2.75, 3.05) is 13.1 Å². The Morgan fingerprint density at radius 3 is 2.94 bits per heavy atom. The van der Waals surface area contributed by atoms with Gasteiger partial charge in [-0.15, -0.1) is 12.4 Å². The Bertz CT molecular complexity index is 331. The first kappa shape index (κ1) is 13.8. The highest BCUT2D eigenvalue weighted by Crippen LogP contribution is 2.15. The summed E-state index contributed by atoms with van der Waals surface area (Å²) in [6.07, 6.45) is 2.37. The number of nitrogens with two attached hydrogens (primary N) is 1. The minimum Gasteiger partial charge on any atom is -0.327 e. The molecule has 0 saturated carbocycles. The summed E-state index contributed by atoms with van der Waals surface area (Å²) in [7, 11) is 0. The van der Waals surface area contributed by atoms with Gasteiger partial charge in [0.15, 0.2) is 0 Å². The maximum atomic E-state index is 5.95. The van der Waals surface area contributed by atoms with Crippen LogP contribution in [-0.4, -0.2) is 24.0 Å². The molecule has 0 aromatic heterocycles. The molecule has 1 atom stereocenters. The molecule has 90 valence electrons. The lowest BCUT2D eigenvalue weighted by atomic mass is 10.1. The third kappa shape index (κ3) is 3.95. The van der Waals surface area contributed by atoms with Gasteiger partial charge in [0.2, 0.25) is 0 Å². The molecule has 2 N–H and O–H groups in total. The Morgan fingerprint density at radius 2 is 2.25 bits per heavy atom. The topological polar surface area (TPSA) is 29.3 Å². The van der Waals surface area contributed by atoms with Crippen molar-refractivity contribution in [3.05, 3.63) is 34.9 Å². The van der Waals surface area contributed by atoms with Gasteiger partial charge < -0.3 is 5.73 Å². The zero-order valence-electron chi connectivity index (χ0n) is 9.23. The summed E-state index contributed by atoms with van der Waals surface area (Å²) >= 11 is 5.95. The highest BCUT2D eigenvalue weighted by molar-refractivity contribution is 6.30. The lowest BCUT2D eigenvalue weighted by molar-refractivity contribution is 0.201. The van der Waals surface area contributed by atoms with Gasteiger partial charge in [0.1, 0.15) is 0 Å². The Morgan fingerprint density at radius 1 is 1.44 bits per heavy atom. The van der Waals surface area contributed by atoms with Gasteiger partial charge >= 0.3 is 0 Å². The molecular formula is C12H18Cl2N2. The Hall–Kier alpha value is -0.280. The van der Waals surface area contributed by atoms with Crippen LogP contribution in [0, 0.1) is 0 Å². The fraction of sp³-hybridized carbons (Fsp3) is 0.500. The average molecular weight is 261 g/mol. The number of hydrogen-bond donors (Lipinski definition) is 1. The van der Waals surface area contributed by atoms with Gasteiger partial charge in [-0.05, 0) is 37.1 Å². The lowest BCUT2D eigenvalue weighted by Crippen LogP contribution is -2.42. The predicted octanol–water partition coefficient (Wildman–Crippen LogP) is 2.68. The van der Waals surface area contributed by atoms with Crippen molar-refractivity contribution in [2.45, 2.75) is 25.4 Å². The van der Waals surface area contributed by atoms with Gasteiger partial charge in [-0.1, -0.05) is 23.7 Å². The normalized spacial score (nSPS) is 21.5. The van der Waals surface area contributed by atoms with E-state index in [0.29, 0.717) is 6.04 Å². The van der Waals surface area contributed by atoms with Crippen molar-refractivity contribution in [1.82, 2.24) is 4.90 Å². The number of likely N-dealkylation sites (tertiary alicyclic amines) is 1. The molecule has 0 spiro atoms. The summed E-state index contributed by atoms with van der Waals surface area (Å²) in [5.74, 6) is 0. The fourth-order valence-corrected chi connectivity index (χ4v) is 2.34. The zero-order valence-corrected chi connectivity index (χ0v) is 10.8. The number of hydrogen-bond acceptors (Lipinski definition) is 2. The van der Waals surface area contributed by atoms with Gasteiger partial charge in [0.05, 0.1) is 0 Å². The summed E-state index contributed by atoms with van der Waals surface area (Å²) < 4.78 is 0. The number of rotatable bonds is 2. The molecule has 0 bridgehead atoms. The highest BCUT2D eigenvalue weighted by atomic mass is 35.5. The molecule has 1 aliphatic heterocycles. The molecule has 0 radical (unpaired) electrons. The summed E-state index contributed by atoms with van der Waals surface area (Å²) in [6, 6.07) is 8.40. The van der Waals surface area contributed by atoms with E-state index in [9.17, 15) is 0 Å². The van der Waals surface area contributed by atoms with Crippen molar-refractivity contribution in [3.8, 4) is 0 Å². The minimum atomic E-state index is 0. The fourth-order valence-electron chi connectivity index (χ4n) is 2.13. The van der Waals surface area contributed by atoms with Gasteiger partial charge in [0, 0.05) is 24.2 Å². The highest BCUT2D eigenvalue weighted by Gasteiger charge is 2.16. The van der Waals surface area contributed by atoms with Crippen LogP contribution in [0.4, 0.5) is 0 Å². The van der Waals surface area contributed by atoms with E-state index in [2.05, 4.69) is 11.0 Å². The number of nitrogens with zero attached hydrogens (tertiary/aromatic N) is 1. The molecule has 16 heavy (non-hydrogen) atoms. The van der Waals surface area contributed by atoms with Gasteiger partial charge in [-0.3, -0.25) is 4.90 Å². The SMILES string of the molecule is Cl.N[C@@H]1CCCN(Cc2cccc(Cl)c2)C1. The van der Waals surface area contributed by atoms with Crippen LogP contribution in [0.2, 0.25) is 5.02 Å². The van der Waals surface area contributed by atoms with E-state index >= 15 is 0 Å². The van der Waals surface area contributed by atoms with Crippen molar-refractivity contribution in [2.24, 2.45) is 5.73 Å². The van der Waals surface area contributed by atoms with Crippen LogP contribution in [0.15, 0.2) is 24.3 Å². The van der Waals surface area contributed by atoms with E-state index in [1.165, 1.54) is 12.0 Å². The summed E-state index contributed by atoms with van der Waals surface area (Å²) in [6.45, 7) is 3.13. The van der Waals surface area contributed by atoms with Crippen LogP contribution in [0.1, 0.15) is 18.4 Å². The smallest absolute Gasteiger partial charge is 0.0409 e. The second-order valence-corrected chi connectivity index (χ2v) is 4.70. The first-order valence-electron chi connectivity index (χ1n) is 5.46. The van der Waals surface area contributed by atoms with Gasteiger partial charge in [-0.25, -0.2) is 0 Å². The maximum Gasteiger partial charge on any atom is 0.0409 e. The second kappa shape index (κ2) is 6.45. The van der Waals surface area contributed by atoms with Crippen LogP contribution in [0.3, 0.4) is 0 Å². The van der Waals surface area contributed by atoms with Crippen LogP contribution in [-0.2, 0) is 6.54 Å². The molecule has 0 aliphatic carbocycles. The molecule has 1 fully saturated rings. The van der Waals surface area contributed by atoms with Crippen molar-refractivity contribution < 1.29 is 0 Å². The maximum absolute atomic E-state index is 5.95. The van der Waals surface area contributed by atoms with Crippen LogP contribution >= 0.6 is 24.0 Å². The van der Waals surface area contributed by atoms with Crippen LogP contribution < -0.4 is 5.73 Å². The summed E-state index contributed by atoms with van der Waals surface area (Å²) in [4.78, 5) is 2.40. The predicted molar refractivity (Wildman–Crippen MR) is 71.2 cm³/mol. The molecule has 0 amide bonds. The van der Waals surface area contributed by atoms with Crippen molar-refractivity contribution in [3.63, 3.8) is 0 Å². The van der Waals surface area contributed by atoms with E-state index in [1.54, 1.807) is 0 Å². The number of benzene rings is 1. The third-order valence-corrected chi connectivity index (χ3v) is 3.07. The first-order valence-corrected chi connectivity index (χ1v) is 5.84. The molecule has 4 heteroatoms. The van der Waals surface area contributed by atoms with Crippen molar-refractivity contribution in [1.29, 1.82) is 0 Å². The second-order valence-electron chi connectivity index (χ2n) is 4.27. The molecule has 2 nitrogen and oxygen atoms in total. The van der Waals surface area contributed by atoms with Crippen LogP contribution in [0.25, 0.3) is 0 Å². The van der Waals surface area contributed by atoms with E-state index < -0.39 is 0 Å². The molecule has 1 aromatic rings. The van der Waals surface area contributed by atoms with E-state index in [0.717, 1.165) is 31.1 Å². The molecule has 1 aromatic carbocycles. The Labute approximate surface area is 108 Å². The standard InChI is InChI=1S/C12H17ClN2.ClH/c13-11-4-1-3-10(7-11)8-15-6-2-5-12(14)9-15;/h1,3-4,7,12H,2,5-6,8-9,14H2;1H/t12-;/m1./s1. The quantitative estimate of drug-likeness (QED) is 0.886. The molecular weight excluding hydrogens is 243 g/mol. The largest absolute Gasteiger partial charge is 0.327 e. The van der Waals surface area contributed by atoms with E-state index in [-0.39, 0.29) is 12.4 Å². The lowest BCUT2D eigenvalue weighted by Gasteiger charge is -2.30. The molecule has 0 unspecified atom stereocenters. The van der Waals surface area contributed by atoms with E-state index in [1.807, 2.05) is 18.2 Å². The zero-order chi connectivity index (χ0) is 10.7. The van der Waals surface area contributed by atoms with Gasteiger partial charge in [-0.2, -0.15) is 0 Å². The van der Waals surface area contributed by atoms with Crippen LogP contribution in [0.5, 0.6) is 0 Å². The van der Waals surface area contributed by atoms with Crippen molar-refractivity contribution >= 4 is 24.0 Å². The number of halogens is 2. The number of piperidine rings is 1. The van der Waals surface area contributed by atoms with E-state index in [4.69, 9.17) is 17.3 Å². The Balaban J connectivity index is 0.00000128. The summed E-state index contributed by atoms with van der Waals surface area (Å²) in [5, 5.41) is 0.814. The molecule has 1 saturated heterocycles.